The Balaban J connectivity index is 1.45. The molecule has 0 aliphatic rings. The van der Waals surface area contributed by atoms with E-state index in [4.69, 9.17) is 0 Å². The average molecular weight is 443 g/mol. The topological polar surface area (TPSA) is 59.1 Å². The summed E-state index contributed by atoms with van der Waals surface area (Å²) < 4.78 is 13.2. The molecule has 1 aromatic heterocycles. The highest BCUT2D eigenvalue weighted by Gasteiger charge is 2.18. The molecule has 158 valence electrons. The van der Waals surface area contributed by atoms with Crippen LogP contribution in [-0.2, 0) is 5.75 Å². The number of hydrogen-bond donors (Lipinski definition) is 1. The van der Waals surface area contributed by atoms with E-state index in [0.717, 1.165) is 16.2 Å². The molecule has 6 heteroatoms. The number of anilines is 1. The molecule has 0 unspecified atom stereocenters. The first-order valence-corrected chi connectivity index (χ1v) is 10.9. The van der Waals surface area contributed by atoms with Gasteiger partial charge in [-0.1, -0.05) is 24.3 Å². The predicted molar refractivity (Wildman–Crippen MR) is 124 cm³/mol. The molecular formula is C26H19FN2O2S. The van der Waals surface area contributed by atoms with Gasteiger partial charge in [-0.25, -0.2) is 4.39 Å². The molecule has 1 amide bonds. The lowest BCUT2D eigenvalue weighted by molar-refractivity contribution is 0.0996. The highest BCUT2D eigenvalue weighted by molar-refractivity contribution is 7.98. The first-order valence-electron chi connectivity index (χ1n) is 9.92. The summed E-state index contributed by atoms with van der Waals surface area (Å²) in [6, 6.07) is 23.3. The number of benzene rings is 3. The van der Waals surface area contributed by atoms with Crippen molar-refractivity contribution in [3.8, 4) is 0 Å². The SMILES string of the molecule is O=C(Nc1ccc(SCc2cccnc2)cc1)c1ccccc1C(=O)c1ccc(F)cc1. The van der Waals surface area contributed by atoms with Crippen LogP contribution in [0.25, 0.3) is 0 Å². The van der Waals surface area contributed by atoms with Crippen LogP contribution in [0.15, 0.2) is 102 Å². The van der Waals surface area contributed by atoms with Gasteiger partial charge in [0, 0.05) is 39.9 Å². The fraction of sp³-hybridized carbons (Fsp3) is 0.0385. The Bertz CT molecular complexity index is 1230. The van der Waals surface area contributed by atoms with Gasteiger partial charge in [0.05, 0.1) is 5.56 Å². The maximum absolute atomic E-state index is 13.2. The van der Waals surface area contributed by atoms with Crippen molar-refractivity contribution in [1.29, 1.82) is 0 Å². The second-order valence-corrected chi connectivity index (χ2v) is 8.06. The van der Waals surface area contributed by atoms with Crippen molar-refractivity contribution < 1.29 is 14.0 Å². The van der Waals surface area contributed by atoms with Gasteiger partial charge in [0.25, 0.3) is 5.91 Å². The molecule has 0 aliphatic carbocycles. The smallest absolute Gasteiger partial charge is 0.256 e. The van der Waals surface area contributed by atoms with Gasteiger partial charge in [-0.2, -0.15) is 0 Å². The summed E-state index contributed by atoms with van der Waals surface area (Å²) in [6.07, 6.45) is 3.59. The van der Waals surface area contributed by atoms with E-state index in [-0.39, 0.29) is 22.8 Å². The van der Waals surface area contributed by atoms with Crippen LogP contribution in [-0.4, -0.2) is 16.7 Å². The molecular weight excluding hydrogens is 423 g/mol. The van der Waals surface area contributed by atoms with Crippen molar-refractivity contribution in [3.05, 3.63) is 125 Å². The normalized spacial score (nSPS) is 10.5. The number of halogens is 1. The molecule has 4 nitrogen and oxygen atoms in total. The molecule has 0 saturated carbocycles. The van der Waals surface area contributed by atoms with E-state index >= 15 is 0 Å². The van der Waals surface area contributed by atoms with Gasteiger partial charge in [-0.05, 0) is 66.2 Å². The average Bonchev–Trinajstić information content (AvgIpc) is 2.84. The summed E-state index contributed by atoms with van der Waals surface area (Å²) in [7, 11) is 0. The van der Waals surface area contributed by atoms with Crippen molar-refractivity contribution in [3.63, 3.8) is 0 Å². The highest BCUT2D eigenvalue weighted by atomic mass is 32.2. The molecule has 3 aromatic carbocycles. The number of pyridine rings is 1. The first-order chi connectivity index (χ1) is 15.6. The third-order valence-corrected chi connectivity index (χ3v) is 5.85. The van der Waals surface area contributed by atoms with Crippen molar-refractivity contribution in [2.24, 2.45) is 0 Å². The third kappa shape index (κ3) is 5.28. The number of carbonyl (C=O) groups excluding carboxylic acids is 2. The van der Waals surface area contributed by atoms with Gasteiger partial charge < -0.3 is 5.32 Å². The zero-order valence-corrected chi connectivity index (χ0v) is 17.8. The van der Waals surface area contributed by atoms with Crippen molar-refractivity contribution in [1.82, 2.24) is 4.98 Å². The number of ketones is 1. The Morgan fingerprint density at radius 3 is 2.25 bits per heavy atom. The predicted octanol–water partition coefficient (Wildman–Crippen LogP) is 6.00. The zero-order valence-electron chi connectivity index (χ0n) is 17.0. The molecule has 0 saturated heterocycles. The molecule has 32 heavy (non-hydrogen) atoms. The Hall–Kier alpha value is -3.77. The van der Waals surface area contributed by atoms with Crippen LogP contribution in [0.4, 0.5) is 10.1 Å². The lowest BCUT2D eigenvalue weighted by atomic mass is 9.98. The number of hydrogen-bond acceptors (Lipinski definition) is 4. The Morgan fingerprint density at radius 2 is 1.56 bits per heavy atom. The molecule has 0 aliphatic heterocycles. The van der Waals surface area contributed by atoms with E-state index in [9.17, 15) is 14.0 Å². The molecule has 1 heterocycles. The summed E-state index contributed by atoms with van der Waals surface area (Å²) in [6.45, 7) is 0. The lowest BCUT2D eigenvalue weighted by Gasteiger charge is -2.10. The van der Waals surface area contributed by atoms with E-state index < -0.39 is 5.82 Å². The number of nitrogens with zero attached hydrogens (tertiary/aromatic N) is 1. The second kappa shape index (κ2) is 10.0. The zero-order chi connectivity index (χ0) is 22.3. The Kier molecular flexibility index (Phi) is 6.72. The maximum atomic E-state index is 13.2. The first kappa shape index (κ1) is 21.5. The van der Waals surface area contributed by atoms with Crippen LogP contribution in [0.5, 0.6) is 0 Å². The van der Waals surface area contributed by atoms with Gasteiger partial charge in [0.1, 0.15) is 5.82 Å². The van der Waals surface area contributed by atoms with Crippen LogP contribution in [0.2, 0.25) is 0 Å². The van der Waals surface area contributed by atoms with Crippen LogP contribution in [0.3, 0.4) is 0 Å². The lowest BCUT2D eigenvalue weighted by Crippen LogP contribution is -2.17. The standard InChI is InChI=1S/C26H19FN2O2S/c27-20-9-7-19(8-10-20)25(30)23-5-1-2-6-24(23)26(31)29-21-11-13-22(14-12-21)32-17-18-4-3-15-28-16-18/h1-16H,17H2,(H,29,31). The Morgan fingerprint density at radius 1 is 0.844 bits per heavy atom. The van der Waals surface area contributed by atoms with Gasteiger partial charge in [-0.3, -0.25) is 14.6 Å². The summed E-state index contributed by atoms with van der Waals surface area (Å²) >= 11 is 1.68. The second-order valence-electron chi connectivity index (χ2n) is 7.01. The minimum absolute atomic E-state index is 0.261. The summed E-state index contributed by atoms with van der Waals surface area (Å²) in [5.41, 5.74) is 2.61. The van der Waals surface area contributed by atoms with Crippen molar-refractivity contribution in [2.45, 2.75) is 10.6 Å². The molecule has 0 bridgehead atoms. The molecule has 0 spiro atoms. The van der Waals surface area contributed by atoms with Crippen molar-refractivity contribution in [2.75, 3.05) is 5.32 Å². The highest BCUT2D eigenvalue weighted by Crippen LogP contribution is 2.24. The summed E-state index contributed by atoms with van der Waals surface area (Å²) in [4.78, 5) is 30.9. The molecule has 1 N–H and O–H groups in total. The quantitative estimate of drug-likeness (QED) is 0.282. The fourth-order valence-corrected chi connectivity index (χ4v) is 3.95. The fourth-order valence-electron chi connectivity index (χ4n) is 3.12. The van der Waals surface area contributed by atoms with Gasteiger partial charge in [-0.15, -0.1) is 11.8 Å². The molecule has 0 fully saturated rings. The van der Waals surface area contributed by atoms with E-state index in [1.807, 2.05) is 42.6 Å². The van der Waals surface area contributed by atoms with Crippen LogP contribution in [0, 0.1) is 5.82 Å². The summed E-state index contributed by atoms with van der Waals surface area (Å²) in [5, 5.41) is 2.84. The summed E-state index contributed by atoms with van der Waals surface area (Å²) in [5.74, 6) is -0.336. The van der Waals surface area contributed by atoms with E-state index in [0.29, 0.717) is 11.3 Å². The van der Waals surface area contributed by atoms with Gasteiger partial charge in [0.15, 0.2) is 5.78 Å². The number of amides is 1. The molecule has 4 aromatic rings. The number of thioether (sulfide) groups is 1. The van der Waals surface area contributed by atoms with Gasteiger partial charge >= 0.3 is 0 Å². The number of rotatable bonds is 7. The van der Waals surface area contributed by atoms with Gasteiger partial charge in [0.2, 0.25) is 0 Å². The van der Waals surface area contributed by atoms with E-state index in [1.54, 1.807) is 42.2 Å². The van der Waals surface area contributed by atoms with E-state index in [1.165, 1.54) is 24.3 Å². The monoisotopic (exact) mass is 442 g/mol. The maximum Gasteiger partial charge on any atom is 0.256 e. The minimum atomic E-state index is -0.422. The van der Waals surface area contributed by atoms with Crippen LogP contribution >= 0.6 is 11.8 Å². The minimum Gasteiger partial charge on any atom is -0.322 e. The number of aromatic nitrogens is 1. The number of nitrogens with one attached hydrogen (secondary N) is 1. The molecule has 0 radical (unpaired) electrons. The number of carbonyl (C=O) groups is 2. The third-order valence-electron chi connectivity index (χ3n) is 4.76. The molecule has 0 atom stereocenters. The molecule has 4 rings (SSSR count). The van der Waals surface area contributed by atoms with Crippen LogP contribution in [0.1, 0.15) is 31.8 Å². The van der Waals surface area contributed by atoms with Crippen molar-refractivity contribution >= 4 is 29.1 Å². The Labute approximate surface area is 189 Å². The van der Waals surface area contributed by atoms with Crippen LogP contribution < -0.4 is 5.32 Å². The van der Waals surface area contributed by atoms with E-state index in [2.05, 4.69) is 10.3 Å². The largest absolute Gasteiger partial charge is 0.322 e.